The number of rotatable bonds is 3. The van der Waals surface area contributed by atoms with Gasteiger partial charge in [0.1, 0.15) is 5.75 Å². The van der Waals surface area contributed by atoms with Crippen LogP contribution < -0.4 is 4.72 Å². The molecule has 0 aromatic heterocycles. The maximum absolute atomic E-state index is 12.4. The first-order valence-corrected chi connectivity index (χ1v) is 8.20. The second-order valence-electron chi connectivity index (χ2n) is 4.48. The number of hydrogen-bond acceptors (Lipinski definition) is 4. The molecule has 0 saturated carbocycles. The Hall–Kier alpha value is -1.94. The summed E-state index contributed by atoms with van der Waals surface area (Å²) in [4.78, 5) is -0.0583. The third-order valence-corrected chi connectivity index (χ3v) is 5.12. The summed E-state index contributed by atoms with van der Waals surface area (Å²) < 4.78 is 27.1. The molecule has 0 aliphatic carbocycles. The highest BCUT2D eigenvalue weighted by atomic mass is 35.5. The average molecular weight is 357 g/mol. The summed E-state index contributed by atoms with van der Waals surface area (Å²) in [6.45, 7) is 1.60. The van der Waals surface area contributed by atoms with E-state index in [1.807, 2.05) is 6.07 Å². The van der Waals surface area contributed by atoms with Crippen molar-refractivity contribution in [2.75, 3.05) is 4.72 Å². The average Bonchev–Trinajstić information content (AvgIpc) is 2.45. The Balaban J connectivity index is 2.49. The predicted molar refractivity (Wildman–Crippen MR) is 84.8 cm³/mol. The minimum absolute atomic E-state index is 0.0583. The molecule has 0 spiro atoms. The van der Waals surface area contributed by atoms with Gasteiger partial charge in [0.05, 0.1) is 32.3 Å². The number of sulfonamides is 1. The van der Waals surface area contributed by atoms with Gasteiger partial charge in [-0.25, -0.2) is 8.42 Å². The van der Waals surface area contributed by atoms with E-state index in [4.69, 9.17) is 28.5 Å². The molecule has 0 aliphatic rings. The van der Waals surface area contributed by atoms with Gasteiger partial charge in [-0.3, -0.25) is 4.72 Å². The second-order valence-corrected chi connectivity index (χ2v) is 6.95. The van der Waals surface area contributed by atoms with E-state index in [1.54, 1.807) is 6.92 Å². The number of halogens is 2. The molecular weight excluding hydrogens is 347 g/mol. The first-order valence-electron chi connectivity index (χ1n) is 5.96. The van der Waals surface area contributed by atoms with Crippen LogP contribution in [0.2, 0.25) is 10.0 Å². The van der Waals surface area contributed by atoms with Gasteiger partial charge in [-0.2, -0.15) is 5.26 Å². The van der Waals surface area contributed by atoms with Gasteiger partial charge in [-0.05, 0) is 30.7 Å². The van der Waals surface area contributed by atoms with E-state index in [0.717, 1.165) is 6.07 Å². The van der Waals surface area contributed by atoms with Gasteiger partial charge in [0.2, 0.25) is 0 Å². The molecule has 5 nitrogen and oxygen atoms in total. The third-order valence-electron chi connectivity index (χ3n) is 2.89. The molecule has 0 amide bonds. The summed E-state index contributed by atoms with van der Waals surface area (Å²) in [5, 5.41) is 18.9. The molecule has 114 valence electrons. The Morgan fingerprint density at radius 1 is 1.18 bits per heavy atom. The third kappa shape index (κ3) is 3.28. The Morgan fingerprint density at radius 3 is 2.45 bits per heavy atom. The number of aryl methyl sites for hydroxylation is 1. The number of phenols is 1. The minimum atomic E-state index is -3.99. The van der Waals surface area contributed by atoms with E-state index in [-0.39, 0.29) is 31.9 Å². The van der Waals surface area contributed by atoms with Crippen molar-refractivity contribution in [2.24, 2.45) is 0 Å². The molecule has 2 aromatic carbocycles. The molecule has 0 heterocycles. The number of anilines is 1. The van der Waals surface area contributed by atoms with Crippen LogP contribution in [-0.4, -0.2) is 13.5 Å². The quantitative estimate of drug-likeness (QED) is 0.820. The van der Waals surface area contributed by atoms with Gasteiger partial charge in [0.15, 0.2) is 0 Å². The van der Waals surface area contributed by atoms with Crippen molar-refractivity contribution in [3.63, 3.8) is 0 Å². The van der Waals surface area contributed by atoms with E-state index in [2.05, 4.69) is 4.72 Å². The molecule has 0 radical (unpaired) electrons. The summed E-state index contributed by atoms with van der Waals surface area (Å²) in [7, 11) is -3.99. The summed E-state index contributed by atoms with van der Waals surface area (Å²) in [6, 6.07) is 8.53. The summed E-state index contributed by atoms with van der Waals surface area (Å²) >= 11 is 11.6. The first kappa shape index (κ1) is 16.4. The van der Waals surface area contributed by atoms with Crippen LogP contribution in [0.5, 0.6) is 5.75 Å². The summed E-state index contributed by atoms with van der Waals surface area (Å²) in [5.41, 5.74) is 0.576. The van der Waals surface area contributed by atoms with Crippen molar-refractivity contribution < 1.29 is 13.5 Å². The van der Waals surface area contributed by atoms with Crippen LogP contribution in [-0.2, 0) is 10.0 Å². The van der Waals surface area contributed by atoms with Crippen LogP contribution in [0.15, 0.2) is 35.2 Å². The van der Waals surface area contributed by atoms with E-state index < -0.39 is 10.0 Å². The fraction of sp³-hybridized carbons (Fsp3) is 0.0714. The summed E-state index contributed by atoms with van der Waals surface area (Å²) in [6.07, 6.45) is 0. The smallest absolute Gasteiger partial charge is 0.262 e. The highest BCUT2D eigenvalue weighted by Crippen LogP contribution is 2.34. The minimum Gasteiger partial charge on any atom is -0.506 e. The standard InChI is InChI=1S/C14H10Cl2N2O3S/c1-8-2-3-9(7-17)4-14(8)22(20,21)18-12-5-10(15)11(16)6-13(12)19/h2-6,18-19H,1H3. The van der Waals surface area contributed by atoms with Crippen LogP contribution in [0.3, 0.4) is 0 Å². The first-order chi connectivity index (χ1) is 10.2. The molecule has 0 aliphatic heterocycles. The Kier molecular flexibility index (Phi) is 4.52. The number of benzene rings is 2. The number of hydrogen-bond donors (Lipinski definition) is 2. The highest BCUT2D eigenvalue weighted by molar-refractivity contribution is 7.92. The topological polar surface area (TPSA) is 90.2 Å². The summed E-state index contributed by atoms with van der Waals surface area (Å²) in [5.74, 6) is -0.355. The maximum Gasteiger partial charge on any atom is 0.262 e. The predicted octanol–water partition coefficient (Wildman–Crippen LogP) is 3.68. The SMILES string of the molecule is Cc1ccc(C#N)cc1S(=O)(=O)Nc1cc(Cl)c(Cl)cc1O. The molecule has 0 unspecified atom stereocenters. The molecule has 0 atom stereocenters. The van der Waals surface area contributed by atoms with Crippen LogP contribution >= 0.6 is 23.2 Å². The van der Waals surface area contributed by atoms with Gasteiger partial charge in [-0.15, -0.1) is 0 Å². The monoisotopic (exact) mass is 356 g/mol. The number of nitrogens with zero attached hydrogens (tertiary/aromatic N) is 1. The van der Waals surface area contributed by atoms with Crippen molar-refractivity contribution in [1.29, 1.82) is 5.26 Å². The largest absolute Gasteiger partial charge is 0.506 e. The molecular formula is C14H10Cl2N2O3S. The van der Waals surface area contributed by atoms with Gasteiger partial charge in [0, 0.05) is 6.07 Å². The van der Waals surface area contributed by atoms with Crippen LogP contribution in [0, 0.1) is 18.3 Å². The van der Waals surface area contributed by atoms with Gasteiger partial charge < -0.3 is 5.11 Å². The number of nitriles is 1. The lowest BCUT2D eigenvalue weighted by Crippen LogP contribution is -2.14. The lowest BCUT2D eigenvalue weighted by molar-refractivity contribution is 0.477. The highest BCUT2D eigenvalue weighted by Gasteiger charge is 2.20. The molecule has 2 N–H and O–H groups in total. The van der Waals surface area contributed by atoms with Gasteiger partial charge >= 0.3 is 0 Å². The zero-order chi connectivity index (χ0) is 16.5. The van der Waals surface area contributed by atoms with E-state index in [0.29, 0.717) is 5.56 Å². The Morgan fingerprint density at radius 2 is 1.82 bits per heavy atom. The molecule has 0 bridgehead atoms. The maximum atomic E-state index is 12.4. The van der Waals surface area contributed by atoms with Crippen molar-refractivity contribution in [3.05, 3.63) is 51.5 Å². The van der Waals surface area contributed by atoms with Crippen molar-refractivity contribution >= 4 is 38.9 Å². The molecule has 0 fully saturated rings. The van der Waals surface area contributed by atoms with Crippen LogP contribution in [0.4, 0.5) is 5.69 Å². The fourth-order valence-corrected chi connectivity index (χ4v) is 3.44. The zero-order valence-corrected chi connectivity index (χ0v) is 13.6. The van der Waals surface area contributed by atoms with E-state index in [1.165, 1.54) is 24.3 Å². The Bertz CT molecular complexity index is 890. The fourth-order valence-electron chi connectivity index (χ4n) is 1.78. The zero-order valence-electron chi connectivity index (χ0n) is 11.3. The normalized spacial score (nSPS) is 11.0. The molecule has 0 saturated heterocycles. The molecule has 2 rings (SSSR count). The Labute approximate surface area is 137 Å². The van der Waals surface area contributed by atoms with Crippen molar-refractivity contribution in [2.45, 2.75) is 11.8 Å². The van der Waals surface area contributed by atoms with Crippen LogP contribution in [0.25, 0.3) is 0 Å². The van der Waals surface area contributed by atoms with Crippen molar-refractivity contribution in [1.82, 2.24) is 0 Å². The molecule has 2 aromatic rings. The molecule has 22 heavy (non-hydrogen) atoms. The number of aromatic hydroxyl groups is 1. The van der Waals surface area contributed by atoms with Gasteiger partial charge in [0.25, 0.3) is 10.0 Å². The van der Waals surface area contributed by atoms with E-state index >= 15 is 0 Å². The number of phenolic OH excluding ortho intramolecular Hbond substituents is 1. The lowest BCUT2D eigenvalue weighted by atomic mass is 10.2. The second kappa shape index (κ2) is 6.05. The van der Waals surface area contributed by atoms with Gasteiger partial charge in [-0.1, -0.05) is 29.3 Å². The lowest BCUT2D eigenvalue weighted by Gasteiger charge is -2.12. The number of nitrogens with one attached hydrogen (secondary N) is 1. The van der Waals surface area contributed by atoms with Crippen molar-refractivity contribution in [3.8, 4) is 11.8 Å². The van der Waals surface area contributed by atoms with Crippen LogP contribution in [0.1, 0.15) is 11.1 Å². The van der Waals surface area contributed by atoms with E-state index in [9.17, 15) is 13.5 Å². The molecule has 8 heteroatoms.